The van der Waals surface area contributed by atoms with Crippen molar-refractivity contribution in [1.82, 2.24) is 9.80 Å². The number of hydrogen-bond donors (Lipinski definition) is 1. The molecule has 1 fully saturated rings. The van der Waals surface area contributed by atoms with Gasteiger partial charge in [0.15, 0.2) is 5.11 Å². The van der Waals surface area contributed by atoms with Gasteiger partial charge in [-0.1, -0.05) is 23.7 Å². The SMILES string of the molecule is CN1C(=O)[C@@H](CC(=O)Nc2ccc(F)cc2)N(Cc2ccc(Cl)cc2)C1=S. The quantitative estimate of drug-likeness (QED) is 0.774. The van der Waals surface area contributed by atoms with Crippen molar-refractivity contribution in [3.8, 4) is 0 Å². The van der Waals surface area contributed by atoms with Gasteiger partial charge in [-0.25, -0.2) is 4.39 Å². The molecule has 0 aromatic heterocycles. The number of nitrogens with zero attached hydrogens (tertiary/aromatic N) is 2. The number of carbonyl (C=O) groups is 2. The third kappa shape index (κ3) is 4.43. The standard InChI is InChI=1S/C19H17ClFN3O2S/c1-23-18(26)16(10-17(25)22-15-8-6-14(21)7-9-15)24(19(23)27)11-12-2-4-13(20)5-3-12/h2-9,16H,10-11H2,1H3,(H,22,25)/t16-/m1/s1. The molecule has 0 unspecified atom stereocenters. The van der Waals surface area contributed by atoms with Crippen LogP contribution in [0.4, 0.5) is 10.1 Å². The fourth-order valence-electron chi connectivity index (χ4n) is 2.86. The average molecular weight is 406 g/mol. The average Bonchev–Trinajstić information content (AvgIpc) is 2.83. The van der Waals surface area contributed by atoms with E-state index in [4.69, 9.17) is 23.8 Å². The van der Waals surface area contributed by atoms with Gasteiger partial charge in [-0.15, -0.1) is 0 Å². The molecular formula is C19H17ClFN3O2S. The molecule has 8 heteroatoms. The topological polar surface area (TPSA) is 52.7 Å². The zero-order valence-corrected chi connectivity index (χ0v) is 16.1. The summed E-state index contributed by atoms with van der Waals surface area (Å²) < 4.78 is 13.0. The molecule has 2 aromatic carbocycles. The Morgan fingerprint density at radius 1 is 1.19 bits per heavy atom. The number of halogens is 2. The van der Waals surface area contributed by atoms with Crippen molar-refractivity contribution in [1.29, 1.82) is 0 Å². The molecule has 1 atom stereocenters. The Hall–Kier alpha value is -2.51. The van der Waals surface area contributed by atoms with Crippen LogP contribution in [0.1, 0.15) is 12.0 Å². The first-order valence-corrected chi connectivity index (χ1v) is 9.02. The maximum absolute atomic E-state index is 13.0. The van der Waals surface area contributed by atoms with Crippen LogP contribution in [0.25, 0.3) is 0 Å². The highest BCUT2D eigenvalue weighted by Crippen LogP contribution is 2.23. The van der Waals surface area contributed by atoms with Gasteiger partial charge >= 0.3 is 0 Å². The van der Waals surface area contributed by atoms with Crippen LogP contribution in [0.5, 0.6) is 0 Å². The molecule has 1 saturated heterocycles. The van der Waals surface area contributed by atoms with Crippen LogP contribution in [0, 0.1) is 5.82 Å². The molecule has 1 N–H and O–H groups in total. The number of nitrogens with one attached hydrogen (secondary N) is 1. The van der Waals surface area contributed by atoms with Crippen LogP contribution < -0.4 is 5.32 Å². The van der Waals surface area contributed by atoms with E-state index in [1.807, 2.05) is 12.1 Å². The summed E-state index contributed by atoms with van der Waals surface area (Å²) in [6.07, 6.45) is -0.0612. The molecule has 0 bridgehead atoms. The predicted octanol–water partition coefficient (Wildman–Crippen LogP) is 3.44. The van der Waals surface area contributed by atoms with E-state index in [1.54, 1.807) is 24.1 Å². The minimum atomic E-state index is -0.696. The zero-order valence-electron chi connectivity index (χ0n) is 14.5. The Labute approximate surface area is 166 Å². The Balaban J connectivity index is 1.72. The summed E-state index contributed by atoms with van der Waals surface area (Å²) in [6.45, 7) is 0.389. The first-order chi connectivity index (χ1) is 12.8. The first kappa shape index (κ1) is 19.3. The van der Waals surface area contributed by atoms with Gasteiger partial charge in [-0.3, -0.25) is 14.5 Å². The van der Waals surface area contributed by atoms with Crippen LogP contribution in [-0.4, -0.2) is 39.8 Å². The molecule has 0 aliphatic carbocycles. The highest BCUT2D eigenvalue weighted by atomic mass is 35.5. The summed E-state index contributed by atoms with van der Waals surface area (Å²) in [5, 5.41) is 3.66. The number of hydrogen-bond acceptors (Lipinski definition) is 3. The van der Waals surface area contributed by atoms with E-state index in [9.17, 15) is 14.0 Å². The van der Waals surface area contributed by atoms with Gasteiger partial charge in [0.1, 0.15) is 11.9 Å². The molecule has 140 valence electrons. The summed E-state index contributed by atoms with van der Waals surface area (Å²) in [7, 11) is 1.59. The van der Waals surface area contributed by atoms with E-state index in [-0.39, 0.29) is 24.1 Å². The summed E-state index contributed by atoms with van der Waals surface area (Å²) >= 11 is 11.3. The third-order valence-corrected chi connectivity index (χ3v) is 5.06. The molecule has 2 amide bonds. The number of amides is 2. The normalized spacial score (nSPS) is 16.8. The van der Waals surface area contributed by atoms with Gasteiger partial charge in [0, 0.05) is 24.3 Å². The Bertz CT molecular complexity index is 874. The summed E-state index contributed by atoms with van der Waals surface area (Å²) in [6, 6.07) is 12.0. The lowest BCUT2D eigenvalue weighted by Gasteiger charge is -2.23. The van der Waals surface area contributed by atoms with Crippen molar-refractivity contribution >= 4 is 46.4 Å². The lowest BCUT2D eigenvalue weighted by molar-refractivity contribution is -0.130. The van der Waals surface area contributed by atoms with Gasteiger partial charge in [-0.05, 0) is 54.2 Å². The van der Waals surface area contributed by atoms with E-state index in [0.29, 0.717) is 22.4 Å². The van der Waals surface area contributed by atoms with Crippen LogP contribution >= 0.6 is 23.8 Å². The van der Waals surface area contributed by atoms with Crippen molar-refractivity contribution in [3.05, 3.63) is 64.9 Å². The maximum atomic E-state index is 13.0. The van der Waals surface area contributed by atoms with Gasteiger partial charge in [-0.2, -0.15) is 0 Å². The van der Waals surface area contributed by atoms with Crippen LogP contribution in [0.2, 0.25) is 5.02 Å². The third-order valence-electron chi connectivity index (χ3n) is 4.30. The number of thiocarbonyl (C=S) groups is 1. The van der Waals surface area contributed by atoms with Crippen LogP contribution in [0.15, 0.2) is 48.5 Å². The minimum absolute atomic E-state index is 0.0612. The number of benzene rings is 2. The van der Waals surface area contributed by atoms with Crippen molar-refractivity contribution in [2.24, 2.45) is 0 Å². The van der Waals surface area contributed by atoms with Crippen molar-refractivity contribution < 1.29 is 14.0 Å². The van der Waals surface area contributed by atoms with Gasteiger partial charge in [0.05, 0.1) is 6.42 Å². The van der Waals surface area contributed by atoms with Crippen LogP contribution in [0.3, 0.4) is 0 Å². The highest BCUT2D eigenvalue weighted by molar-refractivity contribution is 7.80. The Morgan fingerprint density at radius 2 is 1.81 bits per heavy atom. The van der Waals surface area contributed by atoms with Gasteiger partial charge in [0.25, 0.3) is 5.91 Å². The molecule has 0 saturated carbocycles. The largest absolute Gasteiger partial charge is 0.332 e. The summed E-state index contributed by atoms with van der Waals surface area (Å²) in [5.74, 6) is -0.970. The molecular weight excluding hydrogens is 389 g/mol. The van der Waals surface area contributed by atoms with Crippen molar-refractivity contribution in [2.75, 3.05) is 12.4 Å². The lowest BCUT2D eigenvalue weighted by atomic mass is 10.1. The van der Waals surface area contributed by atoms with E-state index >= 15 is 0 Å². The zero-order chi connectivity index (χ0) is 19.6. The second-order valence-corrected chi connectivity index (χ2v) is 7.01. The van der Waals surface area contributed by atoms with Crippen molar-refractivity contribution in [3.63, 3.8) is 0 Å². The molecule has 27 heavy (non-hydrogen) atoms. The van der Waals surface area contributed by atoms with Crippen molar-refractivity contribution in [2.45, 2.75) is 19.0 Å². The van der Waals surface area contributed by atoms with E-state index in [2.05, 4.69) is 5.32 Å². The molecule has 2 aromatic rings. The number of likely N-dealkylation sites (N-methyl/N-ethyl adjacent to an activating group) is 1. The molecule has 1 heterocycles. The number of rotatable bonds is 5. The molecule has 1 aliphatic rings. The predicted molar refractivity (Wildman–Crippen MR) is 106 cm³/mol. The lowest BCUT2D eigenvalue weighted by Crippen LogP contribution is -2.37. The number of anilines is 1. The van der Waals surface area contributed by atoms with E-state index in [1.165, 1.54) is 29.2 Å². The van der Waals surface area contributed by atoms with Gasteiger partial charge in [0.2, 0.25) is 5.91 Å². The second-order valence-electron chi connectivity index (χ2n) is 6.21. The molecule has 0 radical (unpaired) electrons. The molecule has 3 rings (SSSR count). The first-order valence-electron chi connectivity index (χ1n) is 8.23. The molecule has 1 aliphatic heterocycles. The number of carbonyl (C=O) groups excluding carboxylic acids is 2. The van der Waals surface area contributed by atoms with Crippen LogP contribution in [-0.2, 0) is 16.1 Å². The Morgan fingerprint density at radius 3 is 2.44 bits per heavy atom. The summed E-state index contributed by atoms with van der Waals surface area (Å²) in [4.78, 5) is 28.0. The van der Waals surface area contributed by atoms with E-state index in [0.717, 1.165) is 5.56 Å². The minimum Gasteiger partial charge on any atom is -0.332 e. The second kappa shape index (κ2) is 8.02. The fourth-order valence-corrected chi connectivity index (χ4v) is 3.27. The summed E-state index contributed by atoms with van der Waals surface area (Å²) in [5.41, 5.74) is 1.39. The van der Waals surface area contributed by atoms with E-state index < -0.39 is 6.04 Å². The fraction of sp³-hybridized carbons (Fsp3) is 0.211. The smallest absolute Gasteiger partial charge is 0.251 e. The molecule has 5 nitrogen and oxygen atoms in total. The highest BCUT2D eigenvalue weighted by Gasteiger charge is 2.41. The molecule has 0 spiro atoms. The monoisotopic (exact) mass is 405 g/mol. The maximum Gasteiger partial charge on any atom is 0.251 e. The Kier molecular flexibility index (Phi) is 5.72. The van der Waals surface area contributed by atoms with Gasteiger partial charge < -0.3 is 10.2 Å².